The summed E-state index contributed by atoms with van der Waals surface area (Å²) >= 11 is 0. The Hall–Kier alpha value is -0.160. The van der Waals surface area contributed by atoms with E-state index in [0.29, 0.717) is 6.61 Å². The number of ether oxygens (including phenoxy) is 2. The van der Waals surface area contributed by atoms with Crippen LogP contribution in [-0.4, -0.2) is 49.4 Å². The van der Waals surface area contributed by atoms with E-state index in [2.05, 4.69) is 0 Å². The zero-order valence-electron chi connectivity index (χ0n) is 6.99. The molecule has 0 aromatic carbocycles. The average Bonchev–Trinajstić information content (AvgIpc) is 2.03. The van der Waals surface area contributed by atoms with E-state index in [0.717, 1.165) is 0 Å². The summed E-state index contributed by atoms with van der Waals surface area (Å²) in [5.41, 5.74) is 0. The molecule has 11 heavy (non-hydrogen) atoms. The van der Waals surface area contributed by atoms with Crippen molar-refractivity contribution < 1.29 is 19.7 Å². The minimum atomic E-state index is -0.331. The molecule has 2 atom stereocenters. The quantitative estimate of drug-likeness (QED) is 0.550. The molecule has 0 saturated heterocycles. The number of aliphatic hydroxyl groups excluding tert-OH is 2. The van der Waals surface area contributed by atoms with Crippen LogP contribution in [0.25, 0.3) is 0 Å². The molecule has 2 N–H and O–H groups in total. The number of hydrogen-bond donors (Lipinski definition) is 2. The van der Waals surface area contributed by atoms with Crippen LogP contribution in [0.5, 0.6) is 0 Å². The normalized spacial score (nSPS) is 16.4. The topological polar surface area (TPSA) is 58.9 Å². The average molecular weight is 164 g/mol. The molecule has 0 rings (SSSR count). The van der Waals surface area contributed by atoms with E-state index in [1.54, 1.807) is 6.92 Å². The maximum Gasteiger partial charge on any atom is 0.104 e. The minimum absolute atomic E-state index is 0.0415. The number of rotatable bonds is 6. The maximum absolute atomic E-state index is 8.71. The fraction of sp³-hybridized carbons (Fsp3) is 1.00. The van der Waals surface area contributed by atoms with Gasteiger partial charge in [0.25, 0.3) is 0 Å². The van der Waals surface area contributed by atoms with Crippen LogP contribution in [0.4, 0.5) is 0 Å². The van der Waals surface area contributed by atoms with Gasteiger partial charge < -0.3 is 19.7 Å². The molecule has 0 amide bonds. The molecule has 4 nitrogen and oxygen atoms in total. The smallest absolute Gasteiger partial charge is 0.104 e. The third-order valence-electron chi connectivity index (χ3n) is 1.24. The van der Waals surface area contributed by atoms with Crippen LogP contribution in [0.1, 0.15) is 6.92 Å². The Bertz CT molecular complexity index is 86.5. The summed E-state index contributed by atoms with van der Waals surface area (Å²) in [6.45, 7) is 1.96. The third-order valence-corrected chi connectivity index (χ3v) is 1.24. The van der Waals surface area contributed by atoms with Gasteiger partial charge in [0.2, 0.25) is 0 Å². The van der Waals surface area contributed by atoms with E-state index in [-0.39, 0.29) is 25.4 Å². The van der Waals surface area contributed by atoms with Gasteiger partial charge in [0.05, 0.1) is 25.9 Å². The molecule has 0 radical (unpaired) electrons. The van der Waals surface area contributed by atoms with Crippen LogP contribution in [0.2, 0.25) is 0 Å². The van der Waals surface area contributed by atoms with Crippen molar-refractivity contribution in [3.63, 3.8) is 0 Å². The van der Waals surface area contributed by atoms with Gasteiger partial charge in [-0.1, -0.05) is 0 Å². The number of hydrogen-bond acceptors (Lipinski definition) is 4. The van der Waals surface area contributed by atoms with E-state index >= 15 is 0 Å². The van der Waals surface area contributed by atoms with Crippen molar-refractivity contribution >= 4 is 0 Å². The largest absolute Gasteiger partial charge is 0.394 e. The second-order valence-corrected chi connectivity index (χ2v) is 2.39. The SMILES string of the molecule is COCC(CO)OC(C)CO. The Labute approximate surface area is 66.7 Å². The van der Waals surface area contributed by atoms with Gasteiger partial charge in [-0.05, 0) is 6.92 Å². The lowest BCUT2D eigenvalue weighted by atomic mass is 10.3. The van der Waals surface area contributed by atoms with E-state index in [4.69, 9.17) is 19.7 Å². The maximum atomic E-state index is 8.71. The van der Waals surface area contributed by atoms with Crippen molar-refractivity contribution in [3.05, 3.63) is 0 Å². The second kappa shape index (κ2) is 6.54. The molecule has 0 aromatic heterocycles. The summed E-state index contributed by atoms with van der Waals surface area (Å²) in [5.74, 6) is 0. The number of methoxy groups -OCH3 is 1. The monoisotopic (exact) mass is 164 g/mol. The van der Waals surface area contributed by atoms with Gasteiger partial charge in [0.15, 0.2) is 0 Å². The molecule has 0 spiro atoms. The van der Waals surface area contributed by atoms with Gasteiger partial charge in [-0.2, -0.15) is 0 Å². The predicted molar refractivity (Wildman–Crippen MR) is 40.4 cm³/mol. The van der Waals surface area contributed by atoms with Crippen LogP contribution in [-0.2, 0) is 9.47 Å². The summed E-state index contributed by atoms with van der Waals surface area (Å²) in [6.07, 6.45) is -0.579. The van der Waals surface area contributed by atoms with Gasteiger partial charge in [-0.3, -0.25) is 0 Å². The molecule has 0 aliphatic carbocycles. The highest BCUT2D eigenvalue weighted by molar-refractivity contribution is 4.56. The first kappa shape index (κ1) is 10.8. The fourth-order valence-electron chi connectivity index (χ4n) is 0.692. The minimum Gasteiger partial charge on any atom is -0.394 e. The van der Waals surface area contributed by atoms with Crippen LogP contribution < -0.4 is 0 Å². The van der Waals surface area contributed by atoms with Crippen LogP contribution in [0.3, 0.4) is 0 Å². The Morgan fingerprint density at radius 1 is 1.27 bits per heavy atom. The highest BCUT2D eigenvalue weighted by Gasteiger charge is 2.10. The van der Waals surface area contributed by atoms with Crippen LogP contribution >= 0.6 is 0 Å². The van der Waals surface area contributed by atoms with Crippen molar-refractivity contribution in [1.82, 2.24) is 0 Å². The summed E-state index contributed by atoms with van der Waals surface area (Å²) < 4.78 is 9.94. The Kier molecular flexibility index (Phi) is 6.45. The second-order valence-electron chi connectivity index (χ2n) is 2.39. The van der Waals surface area contributed by atoms with Gasteiger partial charge in [-0.15, -0.1) is 0 Å². The zero-order valence-corrected chi connectivity index (χ0v) is 6.99. The van der Waals surface area contributed by atoms with Crippen molar-refractivity contribution in [2.45, 2.75) is 19.1 Å². The first-order chi connectivity index (χ1) is 5.24. The standard InChI is InChI=1S/C7H16O4/c1-6(3-8)11-7(4-9)5-10-2/h6-9H,3-5H2,1-2H3. The van der Waals surface area contributed by atoms with Gasteiger partial charge in [0.1, 0.15) is 6.10 Å². The van der Waals surface area contributed by atoms with E-state index in [1.165, 1.54) is 7.11 Å². The Morgan fingerprint density at radius 3 is 2.27 bits per heavy atom. The molecule has 0 heterocycles. The predicted octanol–water partition coefficient (Wildman–Crippen LogP) is -0.609. The van der Waals surface area contributed by atoms with Crippen molar-refractivity contribution in [2.24, 2.45) is 0 Å². The molecular weight excluding hydrogens is 148 g/mol. The van der Waals surface area contributed by atoms with Crippen molar-refractivity contribution in [2.75, 3.05) is 26.9 Å². The molecule has 68 valence electrons. The van der Waals surface area contributed by atoms with Crippen LogP contribution in [0.15, 0.2) is 0 Å². The molecule has 0 fully saturated rings. The summed E-state index contributed by atoms with van der Waals surface area (Å²) in [4.78, 5) is 0. The molecule has 0 aromatic rings. The summed E-state index contributed by atoms with van der Waals surface area (Å²) in [6, 6.07) is 0. The molecule has 2 unspecified atom stereocenters. The van der Waals surface area contributed by atoms with E-state index < -0.39 is 0 Å². The third kappa shape index (κ3) is 5.15. The first-order valence-electron chi connectivity index (χ1n) is 3.60. The molecular formula is C7H16O4. The highest BCUT2D eigenvalue weighted by atomic mass is 16.5. The van der Waals surface area contributed by atoms with E-state index in [9.17, 15) is 0 Å². The molecule has 0 aliphatic heterocycles. The summed E-state index contributed by atoms with van der Waals surface area (Å²) in [7, 11) is 1.54. The molecule has 4 heteroatoms. The Balaban J connectivity index is 3.49. The zero-order chi connectivity index (χ0) is 8.69. The van der Waals surface area contributed by atoms with Crippen LogP contribution in [0, 0.1) is 0 Å². The lowest BCUT2D eigenvalue weighted by Crippen LogP contribution is -2.29. The van der Waals surface area contributed by atoms with Gasteiger partial charge >= 0.3 is 0 Å². The first-order valence-corrected chi connectivity index (χ1v) is 3.60. The van der Waals surface area contributed by atoms with Gasteiger partial charge in [0, 0.05) is 7.11 Å². The van der Waals surface area contributed by atoms with Crippen molar-refractivity contribution in [1.29, 1.82) is 0 Å². The number of aliphatic hydroxyl groups is 2. The van der Waals surface area contributed by atoms with Gasteiger partial charge in [-0.25, -0.2) is 0 Å². The molecule has 0 saturated carbocycles. The van der Waals surface area contributed by atoms with E-state index in [1.807, 2.05) is 0 Å². The lowest BCUT2D eigenvalue weighted by molar-refractivity contribution is -0.0789. The summed E-state index contributed by atoms with van der Waals surface area (Å²) in [5, 5.41) is 17.3. The Morgan fingerprint density at radius 2 is 1.91 bits per heavy atom. The lowest BCUT2D eigenvalue weighted by Gasteiger charge is -2.18. The van der Waals surface area contributed by atoms with Crippen molar-refractivity contribution in [3.8, 4) is 0 Å². The highest BCUT2D eigenvalue weighted by Crippen LogP contribution is 1.97. The molecule has 0 aliphatic rings. The fourth-order valence-corrected chi connectivity index (χ4v) is 0.692. The molecule has 0 bridgehead atoms.